The second-order valence-electron chi connectivity index (χ2n) is 6.48. The molecule has 0 unspecified atom stereocenters. The zero-order valence-corrected chi connectivity index (χ0v) is 16.2. The van der Waals surface area contributed by atoms with Gasteiger partial charge in [-0.15, -0.1) is 0 Å². The molecular weight excluding hydrogens is 360 g/mol. The zero-order valence-electron chi connectivity index (χ0n) is 16.2. The van der Waals surface area contributed by atoms with Crippen molar-refractivity contribution in [3.05, 3.63) is 50.4 Å². The van der Waals surface area contributed by atoms with E-state index < -0.39 is 0 Å². The molecule has 0 atom stereocenters. The van der Waals surface area contributed by atoms with E-state index in [1.165, 1.54) is 11.7 Å². The van der Waals surface area contributed by atoms with Gasteiger partial charge in [-0.05, 0) is 36.6 Å². The summed E-state index contributed by atoms with van der Waals surface area (Å²) in [5.74, 6) is 0.895. The minimum absolute atomic E-state index is 0.0587. The molecule has 0 amide bonds. The number of hydrogen-bond donors (Lipinski definition) is 2. The number of benzene rings is 1. The van der Waals surface area contributed by atoms with E-state index >= 15 is 0 Å². The predicted molar refractivity (Wildman–Crippen MR) is 109 cm³/mol. The largest absolute Gasteiger partial charge is 0.504 e. The summed E-state index contributed by atoms with van der Waals surface area (Å²) in [5, 5.41) is 9.69. The Balaban J connectivity index is 2.08. The minimum atomic E-state index is -0.354. The summed E-state index contributed by atoms with van der Waals surface area (Å²) in [6.45, 7) is 4.75. The van der Waals surface area contributed by atoms with Crippen LogP contribution < -0.4 is 16.0 Å². The maximum Gasteiger partial charge on any atom is 0.332 e. The smallest absolute Gasteiger partial charge is 0.332 e. The molecule has 2 aromatic heterocycles. The van der Waals surface area contributed by atoms with Crippen LogP contribution in [0.5, 0.6) is 11.5 Å². The van der Waals surface area contributed by atoms with Crippen LogP contribution in [-0.4, -0.2) is 31.3 Å². The van der Waals surface area contributed by atoms with Crippen LogP contribution in [0.3, 0.4) is 0 Å². The average molecular weight is 384 g/mol. The molecule has 28 heavy (non-hydrogen) atoms. The molecule has 1 aromatic carbocycles. The second kappa shape index (κ2) is 8.16. The molecule has 0 saturated heterocycles. The topological polar surface area (TPSA) is 102 Å². The quantitative estimate of drug-likeness (QED) is 0.652. The number of aryl methyl sites for hydroxylation is 1. The number of hydrogen-bond acceptors (Lipinski definition) is 5. The number of H-pyrrole nitrogens is 1. The fourth-order valence-electron chi connectivity index (χ4n) is 3.08. The Morgan fingerprint density at radius 3 is 2.54 bits per heavy atom. The van der Waals surface area contributed by atoms with Gasteiger partial charge in [0.15, 0.2) is 17.1 Å². The summed E-state index contributed by atoms with van der Waals surface area (Å²) in [7, 11) is 1.48. The lowest BCUT2D eigenvalue weighted by atomic mass is 10.2. The molecule has 8 heteroatoms. The van der Waals surface area contributed by atoms with E-state index in [0.29, 0.717) is 42.2 Å². The highest BCUT2D eigenvalue weighted by Crippen LogP contribution is 2.27. The summed E-state index contributed by atoms with van der Waals surface area (Å²) in [5.41, 5.74) is 0.806. The molecule has 0 fully saturated rings. The van der Waals surface area contributed by atoms with Crippen LogP contribution in [-0.2, 0) is 13.1 Å². The van der Waals surface area contributed by atoms with Crippen LogP contribution in [0.25, 0.3) is 23.3 Å². The number of phenols is 1. The van der Waals surface area contributed by atoms with E-state index in [-0.39, 0.29) is 17.0 Å². The first-order valence-electron chi connectivity index (χ1n) is 9.28. The first-order chi connectivity index (χ1) is 13.5. The Bertz CT molecular complexity index is 1140. The van der Waals surface area contributed by atoms with Crippen LogP contribution in [0.2, 0.25) is 0 Å². The second-order valence-corrected chi connectivity index (χ2v) is 6.48. The normalized spacial score (nSPS) is 11.5. The minimum Gasteiger partial charge on any atom is -0.504 e. The van der Waals surface area contributed by atoms with E-state index in [1.54, 1.807) is 34.9 Å². The molecule has 0 saturated carbocycles. The van der Waals surface area contributed by atoms with Gasteiger partial charge in [0, 0.05) is 13.1 Å². The Morgan fingerprint density at radius 1 is 1.14 bits per heavy atom. The van der Waals surface area contributed by atoms with Gasteiger partial charge in [0.2, 0.25) is 0 Å². The Morgan fingerprint density at radius 2 is 1.86 bits per heavy atom. The number of fused-ring (bicyclic) bond motifs is 1. The number of phenolic OH excluding ortho intramolecular Hbond substituents is 1. The molecule has 3 aromatic rings. The Kier molecular flexibility index (Phi) is 5.67. The van der Waals surface area contributed by atoms with Crippen molar-refractivity contribution in [3.8, 4) is 11.5 Å². The maximum absolute atomic E-state index is 12.7. The fraction of sp³-hybridized carbons (Fsp3) is 0.350. The standard InChI is InChI=1S/C20H24N4O4/c1-4-10-23-18-17(19(26)24(11-5-2)20(23)27)21-16(22-18)9-7-13-6-8-14(25)15(12-13)28-3/h6-9,12,25H,4-5,10-11H2,1-3H3,(H,21,22)/b9-7+. The molecule has 2 heterocycles. The number of aromatic hydroxyl groups is 1. The third-order valence-corrected chi connectivity index (χ3v) is 4.41. The van der Waals surface area contributed by atoms with E-state index in [4.69, 9.17) is 4.74 Å². The highest BCUT2D eigenvalue weighted by Gasteiger charge is 2.15. The van der Waals surface area contributed by atoms with E-state index in [1.807, 2.05) is 13.8 Å². The van der Waals surface area contributed by atoms with E-state index in [9.17, 15) is 14.7 Å². The number of nitrogens with one attached hydrogen (secondary N) is 1. The number of ether oxygens (including phenoxy) is 1. The van der Waals surface area contributed by atoms with Gasteiger partial charge in [-0.1, -0.05) is 26.0 Å². The first kappa shape index (κ1) is 19.5. The average Bonchev–Trinajstić information content (AvgIpc) is 3.12. The number of aromatic amines is 1. The molecule has 0 aliphatic rings. The molecule has 0 bridgehead atoms. The first-order valence-corrected chi connectivity index (χ1v) is 9.28. The fourth-order valence-corrected chi connectivity index (χ4v) is 3.08. The van der Waals surface area contributed by atoms with Gasteiger partial charge in [0.05, 0.1) is 7.11 Å². The predicted octanol–water partition coefficient (Wildman–Crippen LogP) is 2.59. The molecule has 148 valence electrons. The van der Waals surface area contributed by atoms with Crippen molar-refractivity contribution in [2.24, 2.45) is 0 Å². The molecule has 3 rings (SSSR count). The van der Waals surface area contributed by atoms with Crippen LogP contribution >= 0.6 is 0 Å². The molecule has 2 N–H and O–H groups in total. The SMILES string of the molecule is CCCn1c(=O)c2[nH]c(/C=C/c3ccc(O)c(OC)c3)nc2n(CCC)c1=O. The van der Waals surface area contributed by atoms with Crippen LogP contribution in [0.15, 0.2) is 27.8 Å². The lowest BCUT2D eigenvalue weighted by Gasteiger charge is -2.09. The number of imidazole rings is 1. The van der Waals surface area contributed by atoms with E-state index in [2.05, 4.69) is 9.97 Å². The summed E-state index contributed by atoms with van der Waals surface area (Å²) in [4.78, 5) is 32.9. The lowest BCUT2D eigenvalue weighted by Crippen LogP contribution is -2.40. The summed E-state index contributed by atoms with van der Waals surface area (Å²) >= 11 is 0. The monoisotopic (exact) mass is 384 g/mol. The maximum atomic E-state index is 12.7. The number of aromatic nitrogens is 4. The van der Waals surface area contributed by atoms with Crippen molar-refractivity contribution in [2.45, 2.75) is 39.8 Å². The van der Waals surface area contributed by atoms with Gasteiger partial charge in [0.25, 0.3) is 5.56 Å². The summed E-state index contributed by atoms with van der Waals surface area (Å²) in [6.07, 6.45) is 4.95. The Hall–Kier alpha value is -3.29. The van der Waals surface area contributed by atoms with Crippen LogP contribution in [0.1, 0.15) is 38.1 Å². The number of rotatable bonds is 7. The van der Waals surface area contributed by atoms with Crippen molar-refractivity contribution >= 4 is 23.3 Å². The van der Waals surface area contributed by atoms with Gasteiger partial charge in [0.1, 0.15) is 11.3 Å². The third kappa shape index (κ3) is 3.58. The van der Waals surface area contributed by atoms with Crippen LogP contribution in [0.4, 0.5) is 0 Å². The van der Waals surface area contributed by atoms with Crippen molar-refractivity contribution in [3.63, 3.8) is 0 Å². The van der Waals surface area contributed by atoms with Gasteiger partial charge in [-0.25, -0.2) is 9.78 Å². The van der Waals surface area contributed by atoms with Gasteiger partial charge in [-0.2, -0.15) is 0 Å². The summed E-state index contributed by atoms with van der Waals surface area (Å²) < 4.78 is 7.91. The van der Waals surface area contributed by atoms with Crippen molar-refractivity contribution in [1.29, 1.82) is 0 Å². The molecule has 0 aliphatic carbocycles. The van der Waals surface area contributed by atoms with Gasteiger partial charge < -0.3 is 14.8 Å². The van der Waals surface area contributed by atoms with Crippen molar-refractivity contribution < 1.29 is 9.84 Å². The van der Waals surface area contributed by atoms with E-state index in [0.717, 1.165) is 12.0 Å². The number of nitrogens with zero attached hydrogens (tertiary/aromatic N) is 3. The third-order valence-electron chi connectivity index (χ3n) is 4.41. The summed E-state index contributed by atoms with van der Waals surface area (Å²) in [6, 6.07) is 4.97. The highest BCUT2D eigenvalue weighted by atomic mass is 16.5. The van der Waals surface area contributed by atoms with Gasteiger partial charge in [-0.3, -0.25) is 13.9 Å². The van der Waals surface area contributed by atoms with Crippen molar-refractivity contribution in [2.75, 3.05) is 7.11 Å². The zero-order chi connectivity index (χ0) is 20.3. The lowest BCUT2D eigenvalue weighted by molar-refractivity contribution is 0.373. The Labute approximate surface area is 161 Å². The van der Waals surface area contributed by atoms with Crippen LogP contribution in [0, 0.1) is 0 Å². The van der Waals surface area contributed by atoms with Crippen molar-refractivity contribution in [1.82, 2.24) is 19.1 Å². The highest BCUT2D eigenvalue weighted by molar-refractivity contribution is 5.75. The number of methoxy groups -OCH3 is 1. The van der Waals surface area contributed by atoms with Gasteiger partial charge >= 0.3 is 5.69 Å². The molecular formula is C20H24N4O4. The molecule has 0 radical (unpaired) electrons. The molecule has 0 aliphatic heterocycles. The molecule has 8 nitrogen and oxygen atoms in total. The molecule has 0 spiro atoms.